The van der Waals surface area contributed by atoms with Crippen LogP contribution in [0.15, 0.2) is 30.3 Å². The zero-order valence-electron chi connectivity index (χ0n) is 9.07. The second-order valence-electron chi connectivity index (χ2n) is 3.23. The molecule has 0 unspecified atom stereocenters. The van der Waals surface area contributed by atoms with Crippen LogP contribution in [0.1, 0.15) is 6.42 Å². The van der Waals surface area contributed by atoms with Gasteiger partial charge >= 0.3 is 0 Å². The van der Waals surface area contributed by atoms with Crippen molar-refractivity contribution in [2.45, 2.75) is 6.42 Å². The predicted molar refractivity (Wildman–Crippen MR) is 63.4 cm³/mol. The summed E-state index contributed by atoms with van der Waals surface area (Å²) in [6.07, 6.45) is 0.0829. The molecule has 0 saturated heterocycles. The standard InChI is InChI=1S/C11H11N3O2S/c12-7-4-9-14(17(15,16)10-8-13)11-5-2-1-3-6-11/h1-3,5-6H,4,9-10H2. The van der Waals surface area contributed by atoms with Gasteiger partial charge in [-0.1, -0.05) is 18.2 Å². The van der Waals surface area contributed by atoms with Gasteiger partial charge in [-0.05, 0) is 12.1 Å². The summed E-state index contributed by atoms with van der Waals surface area (Å²) in [6.45, 7) is 0.0600. The molecule has 0 atom stereocenters. The summed E-state index contributed by atoms with van der Waals surface area (Å²) in [4.78, 5) is 0. The zero-order chi connectivity index (χ0) is 12.7. The maximum Gasteiger partial charge on any atom is 0.248 e. The molecular weight excluding hydrogens is 238 g/mol. The third-order valence-electron chi connectivity index (χ3n) is 2.05. The molecule has 0 fully saturated rings. The first-order valence-corrected chi connectivity index (χ1v) is 6.52. The number of rotatable bonds is 5. The highest BCUT2D eigenvalue weighted by atomic mass is 32.2. The summed E-state index contributed by atoms with van der Waals surface area (Å²) < 4.78 is 24.8. The van der Waals surface area contributed by atoms with E-state index in [0.29, 0.717) is 5.69 Å². The number of hydrogen-bond acceptors (Lipinski definition) is 4. The van der Waals surface area contributed by atoms with Gasteiger partial charge in [0.15, 0.2) is 5.75 Å². The Labute approximate surface area is 101 Å². The van der Waals surface area contributed by atoms with Crippen LogP contribution in [0.3, 0.4) is 0 Å². The van der Waals surface area contributed by atoms with Gasteiger partial charge in [0.25, 0.3) is 0 Å². The molecule has 0 N–H and O–H groups in total. The van der Waals surface area contributed by atoms with Gasteiger partial charge in [0.05, 0.1) is 24.2 Å². The number of nitrogens with zero attached hydrogens (tertiary/aromatic N) is 3. The monoisotopic (exact) mass is 249 g/mol. The molecule has 0 saturated carbocycles. The maximum absolute atomic E-state index is 11.8. The Balaban J connectivity index is 3.06. The quantitative estimate of drug-likeness (QED) is 0.786. The van der Waals surface area contributed by atoms with E-state index in [-0.39, 0.29) is 13.0 Å². The topological polar surface area (TPSA) is 85.0 Å². The van der Waals surface area contributed by atoms with Crippen LogP contribution in [-0.2, 0) is 10.0 Å². The fourth-order valence-electron chi connectivity index (χ4n) is 1.33. The van der Waals surface area contributed by atoms with Crippen LogP contribution in [0.25, 0.3) is 0 Å². The van der Waals surface area contributed by atoms with Gasteiger partial charge in [0, 0.05) is 6.54 Å². The molecule has 1 aromatic rings. The first-order valence-electron chi connectivity index (χ1n) is 4.91. The van der Waals surface area contributed by atoms with Gasteiger partial charge in [-0.15, -0.1) is 0 Å². The Hall–Kier alpha value is -2.05. The Bertz CT molecular complexity index is 540. The van der Waals surface area contributed by atoms with E-state index in [1.54, 1.807) is 36.4 Å². The second-order valence-corrected chi connectivity index (χ2v) is 5.12. The number of hydrogen-bond donors (Lipinski definition) is 0. The largest absolute Gasteiger partial charge is 0.268 e. The van der Waals surface area contributed by atoms with Crippen molar-refractivity contribution in [3.05, 3.63) is 30.3 Å². The van der Waals surface area contributed by atoms with Crippen LogP contribution in [0.4, 0.5) is 5.69 Å². The lowest BCUT2D eigenvalue weighted by atomic mass is 10.3. The second kappa shape index (κ2) is 5.88. The van der Waals surface area contributed by atoms with Gasteiger partial charge in [-0.3, -0.25) is 4.31 Å². The lowest BCUT2D eigenvalue weighted by Crippen LogP contribution is -2.33. The van der Waals surface area contributed by atoms with Gasteiger partial charge in [-0.2, -0.15) is 10.5 Å². The molecular formula is C11H11N3O2S. The number of para-hydroxylation sites is 1. The van der Waals surface area contributed by atoms with E-state index >= 15 is 0 Å². The molecule has 0 aromatic heterocycles. The Kier molecular flexibility index (Phi) is 4.50. The summed E-state index contributed by atoms with van der Waals surface area (Å²) in [6, 6.07) is 12.0. The van der Waals surface area contributed by atoms with Crippen molar-refractivity contribution in [2.24, 2.45) is 0 Å². The molecule has 0 aliphatic rings. The van der Waals surface area contributed by atoms with Crippen molar-refractivity contribution in [1.29, 1.82) is 10.5 Å². The first kappa shape index (κ1) is 13.0. The molecule has 5 nitrogen and oxygen atoms in total. The predicted octanol–water partition coefficient (Wildman–Crippen LogP) is 1.26. The molecule has 0 aliphatic carbocycles. The molecule has 0 bridgehead atoms. The highest BCUT2D eigenvalue weighted by Crippen LogP contribution is 2.17. The summed E-state index contributed by atoms with van der Waals surface area (Å²) in [5.74, 6) is -0.590. The van der Waals surface area contributed by atoms with Gasteiger partial charge in [-0.25, -0.2) is 8.42 Å². The van der Waals surface area contributed by atoms with Crippen molar-refractivity contribution < 1.29 is 8.42 Å². The Morgan fingerprint density at radius 1 is 1.12 bits per heavy atom. The van der Waals surface area contributed by atoms with Crippen molar-refractivity contribution >= 4 is 15.7 Å². The summed E-state index contributed by atoms with van der Waals surface area (Å²) in [5, 5.41) is 17.0. The smallest absolute Gasteiger partial charge is 0.248 e. The molecule has 6 heteroatoms. The van der Waals surface area contributed by atoms with E-state index in [2.05, 4.69) is 0 Å². The molecule has 17 heavy (non-hydrogen) atoms. The van der Waals surface area contributed by atoms with E-state index in [4.69, 9.17) is 10.5 Å². The molecule has 88 valence electrons. The van der Waals surface area contributed by atoms with E-state index in [1.807, 2.05) is 6.07 Å². The minimum atomic E-state index is -3.68. The van der Waals surface area contributed by atoms with Crippen LogP contribution in [0.2, 0.25) is 0 Å². The molecule has 0 spiro atoms. The van der Waals surface area contributed by atoms with Crippen LogP contribution in [-0.4, -0.2) is 20.7 Å². The van der Waals surface area contributed by atoms with Crippen molar-refractivity contribution in [1.82, 2.24) is 0 Å². The number of nitriles is 2. The van der Waals surface area contributed by atoms with Crippen LogP contribution in [0.5, 0.6) is 0 Å². The minimum Gasteiger partial charge on any atom is -0.268 e. The third-order valence-corrected chi connectivity index (χ3v) is 3.61. The van der Waals surface area contributed by atoms with Gasteiger partial charge in [0.2, 0.25) is 10.0 Å². The SMILES string of the molecule is N#CCCN(c1ccccc1)S(=O)(=O)CC#N. The summed E-state index contributed by atoms with van der Waals surface area (Å²) >= 11 is 0. The van der Waals surface area contributed by atoms with Crippen LogP contribution < -0.4 is 4.31 Å². The van der Waals surface area contributed by atoms with Gasteiger partial charge in [0.1, 0.15) is 0 Å². The average molecular weight is 249 g/mol. The highest BCUT2D eigenvalue weighted by Gasteiger charge is 2.21. The highest BCUT2D eigenvalue weighted by molar-refractivity contribution is 7.93. The van der Waals surface area contributed by atoms with Crippen molar-refractivity contribution in [3.8, 4) is 12.1 Å². The number of sulfonamides is 1. The fraction of sp³-hybridized carbons (Fsp3) is 0.273. The Morgan fingerprint density at radius 3 is 2.29 bits per heavy atom. The van der Waals surface area contributed by atoms with E-state index in [0.717, 1.165) is 4.31 Å². The lowest BCUT2D eigenvalue weighted by Gasteiger charge is -2.21. The third kappa shape index (κ3) is 3.47. The first-order chi connectivity index (χ1) is 8.11. The summed E-state index contributed by atoms with van der Waals surface area (Å²) in [7, 11) is -3.68. The van der Waals surface area contributed by atoms with Crippen molar-refractivity contribution in [3.63, 3.8) is 0 Å². The fourth-order valence-corrected chi connectivity index (χ4v) is 2.47. The van der Waals surface area contributed by atoms with Crippen LogP contribution >= 0.6 is 0 Å². The van der Waals surface area contributed by atoms with E-state index in [9.17, 15) is 8.42 Å². The lowest BCUT2D eigenvalue weighted by molar-refractivity contribution is 0.594. The summed E-state index contributed by atoms with van der Waals surface area (Å²) in [5.41, 5.74) is 0.470. The average Bonchev–Trinajstić information content (AvgIpc) is 2.30. The molecule has 1 rings (SSSR count). The van der Waals surface area contributed by atoms with Gasteiger partial charge < -0.3 is 0 Å². The van der Waals surface area contributed by atoms with Crippen LogP contribution in [0, 0.1) is 22.7 Å². The molecule has 0 aliphatic heterocycles. The number of benzene rings is 1. The molecule has 0 radical (unpaired) electrons. The van der Waals surface area contributed by atoms with E-state index in [1.165, 1.54) is 0 Å². The zero-order valence-corrected chi connectivity index (χ0v) is 9.89. The van der Waals surface area contributed by atoms with Crippen molar-refractivity contribution in [2.75, 3.05) is 16.6 Å². The molecule has 0 heterocycles. The Morgan fingerprint density at radius 2 is 1.76 bits per heavy atom. The molecule has 1 aromatic carbocycles. The molecule has 0 amide bonds. The maximum atomic E-state index is 11.8. The number of anilines is 1. The van der Waals surface area contributed by atoms with E-state index < -0.39 is 15.8 Å². The minimum absolute atomic E-state index is 0.0600. The normalized spacial score (nSPS) is 10.2.